The van der Waals surface area contributed by atoms with Crippen molar-refractivity contribution >= 4 is 32.5 Å². The van der Waals surface area contributed by atoms with E-state index in [-0.39, 0.29) is 10.9 Å². The number of benzene rings is 1. The van der Waals surface area contributed by atoms with Crippen molar-refractivity contribution in [3.63, 3.8) is 0 Å². The molecule has 1 rings (SSSR count). The summed E-state index contributed by atoms with van der Waals surface area (Å²) in [4.78, 5) is 2.66. The van der Waals surface area contributed by atoms with Crippen molar-refractivity contribution in [2.75, 3.05) is 6.26 Å². The summed E-state index contributed by atoms with van der Waals surface area (Å²) in [5, 5.41) is 0. The zero-order valence-corrected chi connectivity index (χ0v) is 12.2. The predicted octanol–water partition coefficient (Wildman–Crippen LogP) is 4.62. The average Bonchev–Trinajstić information content (AvgIpc) is 2.14. The Hall–Kier alpha value is 0.270. The summed E-state index contributed by atoms with van der Waals surface area (Å²) in [6, 6.07) is 8.74. The second-order valence-corrected chi connectivity index (χ2v) is 9.16. The third-order valence-electron chi connectivity index (χ3n) is 1.61. The van der Waals surface area contributed by atoms with Gasteiger partial charge in [0.05, 0.1) is 6.26 Å². The third kappa shape index (κ3) is 5.23. The Kier molecular flexibility index (Phi) is 4.94. The molecule has 15 heavy (non-hydrogen) atoms. The van der Waals surface area contributed by atoms with Gasteiger partial charge in [0.2, 0.25) is 0 Å². The zero-order chi connectivity index (χ0) is 11.5. The molecule has 1 unspecified atom stereocenters. The van der Waals surface area contributed by atoms with E-state index in [1.165, 1.54) is 9.79 Å². The maximum Gasteiger partial charge on any atom is 0.123 e. The Morgan fingerprint density at radius 1 is 1.13 bits per heavy atom. The Morgan fingerprint density at radius 2 is 1.67 bits per heavy atom. The lowest BCUT2D eigenvalue weighted by Gasteiger charge is -2.16. The van der Waals surface area contributed by atoms with Crippen LogP contribution < -0.4 is 0 Å². The van der Waals surface area contributed by atoms with Crippen molar-refractivity contribution in [2.24, 2.45) is 0 Å². The molecule has 0 nitrogen and oxygen atoms in total. The highest BCUT2D eigenvalue weighted by Gasteiger charge is 2.11. The molecule has 0 N–H and O–H groups in total. The van der Waals surface area contributed by atoms with Gasteiger partial charge in [-0.3, -0.25) is 0 Å². The predicted molar refractivity (Wildman–Crippen MR) is 76.6 cm³/mol. The highest BCUT2D eigenvalue weighted by molar-refractivity contribution is 8.77. The first-order valence-electron chi connectivity index (χ1n) is 4.80. The summed E-state index contributed by atoms with van der Waals surface area (Å²) in [6.45, 7) is 6.70. The molecule has 0 amide bonds. The maximum atomic E-state index is 4.04. The summed E-state index contributed by atoms with van der Waals surface area (Å²) in [5.41, 5.74) is 0. The molecule has 0 saturated carbocycles. The van der Waals surface area contributed by atoms with Crippen molar-refractivity contribution < 1.29 is 0 Å². The fourth-order valence-corrected chi connectivity index (χ4v) is 3.47. The van der Waals surface area contributed by atoms with Crippen LogP contribution in [0.3, 0.4) is 0 Å². The van der Waals surface area contributed by atoms with Gasteiger partial charge in [0.15, 0.2) is 0 Å². The van der Waals surface area contributed by atoms with Crippen LogP contribution in [0.25, 0.3) is 0 Å². The molecule has 0 aliphatic carbocycles. The van der Waals surface area contributed by atoms with Crippen molar-refractivity contribution in [3.8, 4) is 0 Å². The Morgan fingerprint density at radius 3 is 2.07 bits per heavy atom. The van der Waals surface area contributed by atoms with Crippen LogP contribution in [0.15, 0.2) is 34.1 Å². The second kappa shape index (κ2) is 5.55. The molecule has 0 radical (unpaired) electrons. The van der Waals surface area contributed by atoms with Gasteiger partial charge in [-0.15, -0.1) is 17.2 Å². The molecule has 0 aliphatic heterocycles. The minimum Gasteiger partial charge on any atom is -0.137 e. The standard InChI is InChI=1S/C12H18S3/c1-12(2,3)14-13-10-6-8-11(9-7-10)15(4)5/h6-9H,4H2,1-3,5H3. The average molecular weight is 258 g/mol. The molecule has 0 spiro atoms. The highest BCUT2D eigenvalue weighted by atomic mass is 33.1. The number of rotatable bonds is 3. The van der Waals surface area contributed by atoms with Crippen LogP contribution in [0, 0.1) is 6.26 Å². The van der Waals surface area contributed by atoms with Crippen LogP contribution in [0.5, 0.6) is 0 Å². The van der Waals surface area contributed by atoms with Crippen molar-refractivity contribution in [3.05, 3.63) is 30.5 Å². The van der Waals surface area contributed by atoms with Crippen LogP contribution in [0.4, 0.5) is 0 Å². The van der Waals surface area contributed by atoms with Gasteiger partial charge in [0.25, 0.3) is 0 Å². The molecule has 0 fully saturated rings. The van der Waals surface area contributed by atoms with Gasteiger partial charge in [-0.05, 0) is 24.3 Å². The summed E-state index contributed by atoms with van der Waals surface area (Å²) in [5.74, 6) is 0. The molecule has 0 heterocycles. The van der Waals surface area contributed by atoms with E-state index >= 15 is 0 Å². The molecule has 0 aromatic heterocycles. The molecule has 84 valence electrons. The van der Waals surface area contributed by atoms with Crippen molar-refractivity contribution in [1.82, 2.24) is 0 Å². The van der Waals surface area contributed by atoms with E-state index in [0.29, 0.717) is 4.75 Å². The lowest BCUT2D eigenvalue weighted by Crippen LogP contribution is -2.04. The molecule has 1 aromatic carbocycles. The largest absolute Gasteiger partial charge is 0.137 e. The molecular weight excluding hydrogens is 240 g/mol. The van der Waals surface area contributed by atoms with E-state index in [1.54, 1.807) is 0 Å². The Balaban J connectivity index is 2.57. The quantitative estimate of drug-likeness (QED) is 0.441. The fraction of sp³-hybridized carbons (Fsp3) is 0.417. The van der Waals surface area contributed by atoms with Crippen LogP contribution >= 0.6 is 21.6 Å². The van der Waals surface area contributed by atoms with Gasteiger partial charge in [0, 0.05) is 9.64 Å². The van der Waals surface area contributed by atoms with Crippen LogP contribution in [-0.4, -0.2) is 11.0 Å². The first-order chi connectivity index (χ1) is 6.88. The number of hydrogen-bond donors (Lipinski definition) is 0. The molecule has 0 aliphatic rings. The third-order valence-corrected chi connectivity index (χ3v) is 6.07. The molecular formula is C12H18S3. The number of hydrogen-bond acceptors (Lipinski definition) is 2. The maximum absolute atomic E-state index is 4.04. The van der Waals surface area contributed by atoms with Crippen molar-refractivity contribution in [2.45, 2.75) is 35.3 Å². The van der Waals surface area contributed by atoms with Gasteiger partial charge >= 0.3 is 0 Å². The highest BCUT2D eigenvalue weighted by Crippen LogP contribution is 2.40. The van der Waals surface area contributed by atoms with Crippen LogP contribution in [-0.2, 0) is 10.9 Å². The summed E-state index contributed by atoms with van der Waals surface area (Å²) in [7, 11) is 3.88. The Bertz CT molecular complexity index is 296. The zero-order valence-electron chi connectivity index (χ0n) is 9.74. The molecule has 1 atom stereocenters. The topological polar surface area (TPSA) is 0 Å². The fourth-order valence-electron chi connectivity index (χ4n) is 0.901. The van der Waals surface area contributed by atoms with Crippen LogP contribution in [0.2, 0.25) is 0 Å². The minimum absolute atomic E-state index is 0.126. The summed E-state index contributed by atoms with van der Waals surface area (Å²) >= 11 is 0. The summed E-state index contributed by atoms with van der Waals surface area (Å²) in [6.07, 6.45) is 6.18. The van der Waals surface area contributed by atoms with E-state index in [4.69, 9.17) is 0 Å². The normalized spacial score (nSPS) is 13.9. The Labute approximate surface area is 104 Å². The molecule has 3 heteroatoms. The second-order valence-electron chi connectivity index (χ2n) is 4.39. The van der Waals surface area contributed by atoms with E-state index in [0.717, 1.165) is 0 Å². The monoisotopic (exact) mass is 258 g/mol. The van der Waals surface area contributed by atoms with Crippen LogP contribution in [0.1, 0.15) is 20.8 Å². The first-order valence-corrected chi connectivity index (χ1v) is 8.75. The first kappa shape index (κ1) is 13.3. The molecule has 0 bridgehead atoms. The van der Waals surface area contributed by atoms with E-state index in [9.17, 15) is 0 Å². The molecule has 1 aromatic rings. The van der Waals surface area contributed by atoms with E-state index in [1.807, 2.05) is 21.6 Å². The molecule has 0 saturated heterocycles. The van der Waals surface area contributed by atoms with Gasteiger partial charge in [-0.1, -0.05) is 42.4 Å². The van der Waals surface area contributed by atoms with Gasteiger partial charge in [0.1, 0.15) is 4.90 Å². The minimum atomic E-state index is 0.126. The lowest BCUT2D eigenvalue weighted by atomic mass is 10.3. The van der Waals surface area contributed by atoms with Gasteiger partial charge in [-0.2, -0.15) is 0 Å². The van der Waals surface area contributed by atoms with E-state index in [2.05, 4.69) is 57.5 Å². The van der Waals surface area contributed by atoms with Crippen molar-refractivity contribution in [1.29, 1.82) is 0 Å². The smallest absolute Gasteiger partial charge is 0.123 e. The SMILES string of the molecule is [CH2-][S+](C)c1ccc(SSC(C)(C)C)cc1. The van der Waals surface area contributed by atoms with Gasteiger partial charge in [-0.25, -0.2) is 0 Å². The summed E-state index contributed by atoms with van der Waals surface area (Å²) < 4.78 is 0.310. The van der Waals surface area contributed by atoms with Gasteiger partial charge < -0.3 is 0 Å². The van der Waals surface area contributed by atoms with E-state index < -0.39 is 0 Å². The lowest BCUT2D eigenvalue weighted by molar-refractivity contribution is 0.810.